The quantitative estimate of drug-likeness (QED) is 0.432. The lowest BCUT2D eigenvalue weighted by Gasteiger charge is -2.19. The molecular weight excluding hydrogens is 447 g/mol. The van der Waals surface area contributed by atoms with E-state index in [4.69, 9.17) is 4.99 Å². The average molecular weight is 473 g/mol. The molecule has 0 radical (unpaired) electrons. The van der Waals surface area contributed by atoms with Crippen molar-refractivity contribution in [1.82, 2.24) is 9.88 Å². The van der Waals surface area contributed by atoms with Crippen LogP contribution in [0.25, 0.3) is 6.08 Å². The Bertz CT molecular complexity index is 1250. The van der Waals surface area contributed by atoms with Crippen LogP contribution in [0.5, 0.6) is 0 Å². The first kappa shape index (κ1) is 22.3. The first-order valence-electron chi connectivity index (χ1n) is 11.4. The molecule has 0 atom stereocenters. The van der Waals surface area contributed by atoms with E-state index < -0.39 is 0 Å². The molecule has 0 saturated carbocycles. The Kier molecular flexibility index (Phi) is 6.45. The van der Waals surface area contributed by atoms with Crippen molar-refractivity contribution in [3.63, 3.8) is 0 Å². The van der Waals surface area contributed by atoms with Crippen molar-refractivity contribution in [2.75, 3.05) is 18.0 Å². The molecule has 3 aromatic rings. The summed E-state index contributed by atoms with van der Waals surface area (Å²) in [6.07, 6.45) is 7.41. The van der Waals surface area contributed by atoms with E-state index in [9.17, 15) is 9.18 Å². The first-order valence-corrected chi connectivity index (χ1v) is 12.2. The molecule has 7 heteroatoms. The second-order valence-corrected chi connectivity index (χ2v) is 9.46. The number of anilines is 1. The summed E-state index contributed by atoms with van der Waals surface area (Å²) >= 11 is 1.31. The lowest BCUT2D eigenvalue weighted by molar-refractivity contribution is -0.122. The number of para-hydroxylation sites is 1. The Morgan fingerprint density at radius 3 is 2.65 bits per heavy atom. The summed E-state index contributed by atoms with van der Waals surface area (Å²) in [6.45, 7) is 4.09. The summed E-state index contributed by atoms with van der Waals surface area (Å²) in [5, 5.41) is 0.595. The first-order chi connectivity index (χ1) is 16.6. The molecular formula is C27H25FN4OS. The molecule has 2 saturated heterocycles. The molecule has 34 heavy (non-hydrogen) atoms. The molecule has 0 spiro atoms. The van der Waals surface area contributed by atoms with E-state index in [-0.39, 0.29) is 11.7 Å². The van der Waals surface area contributed by atoms with Gasteiger partial charge in [-0.1, -0.05) is 24.3 Å². The Labute approximate surface area is 203 Å². The fourth-order valence-electron chi connectivity index (χ4n) is 4.20. The summed E-state index contributed by atoms with van der Waals surface area (Å²) in [7, 11) is 0. The van der Waals surface area contributed by atoms with Crippen LogP contribution in [0.15, 0.2) is 76.9 Å². The number of aryl methyl sites for hydroxylation is 1. The van der Waals surface area contributed by atoms with Gasteiger partial charge in [0.15, 0.2) is 5.17 Å². The molecule has 0 aliphatic carbocycles. The molecule has 0 bridgehead atoms. The van der Waals surface area contributed by atoms with Crippen molar-refractivity contribution in [2.24, 2.45) is 4.99 Å². The van der Waals surface area contributed by atoms with E-state index in [1.807, 2.05) is 55.5 Å². The van der Waals surface area contributed by atoms with Gasteiger partial charge in [0.25, 0.3) is 5.91 Å². The third-order valence-electron chi connectivity index (χ3n) is 6.00. The number of carbonyl (C=O) groups is 1. The number of amides is 1. The minimum atomic E-state index is -0.250. The molecule has 172 valence electrons. The summed E-state index contributed by atoms with van der Waals surface area (Å²) in [4.78, 5) is 26.6. The monoisotopic (exact) mass is 472 g/mol. The lowest BCUT2D eigenvalue weighted by Crippen LogP contribution is -2.28. The highest BCUT2D eigenvalue weighted by atomic mass is 32.2. The predicted molar refractivity (Wildman–Crippen MR) is 136 cm³/mol. The maximum absolute atomic E-state index is 15.0. The van der Waals surface area contributed by atoms with Gasteiger partial charge in [-0.15, -0.1) is 0 Å². The molecule has 2 aliphatic heterocycles. The van der Waals surface area contributed by atoms with Gasteiger partial charge < -0.3 is 4.90 Å². The van der Waals surface area contributed by atoms with Gasteiger partial charge in [-0.3, -0.25) is 14.7 Å². The third kappa shape index (κ3) is 4.75. The van der Waals surface area contributed by atoms with Gasteiger partial charge in [0.05, 0.1) is 22.8 Å². The Balaban J connectivity index is 1.48. The van der Waals surface area contributed by atoms with Crippen LogP contribution in [-0.2, 0) is 11.3 Å². The number of thioether (sulfide) groups is 1. The number of aliphatic imine (C=N–C) groups is 1. The minimum absolute atomic E-state index is 0.146. The van der Waals surface area contributed by atoms with Crippen LogP contribution in [-0.4, -0.2) is 34.0 Å². The summed E-state index contributed by atoms with van der Waals surface area (Å²) in [6, 6.07) is 16.8. The number of aromatic nitrogens is 1. The molecule has 5 rings (SSSR count). The fourth-order valence-corrected chi connectivity index (χ4v) is 5.19. The third-order valence-corrected chi connectivity index (χ3v) is 7.01. The number of hydrogen-bond acceptors (Lipinski definition) is 5. The zero-order chi connectivity index (χ0) is 23.5. The maximum atomic E-state index is 15.0. The minimum Gasteiger partial charge on any atom is -0.369 e. The number of amidine groups is 1. The standard InChI is InChI=1S/C27H25FN4OS/c1-19-14-24(31-12-5-6-13-31)23(28)15-21(19)16-25-26(33)32(18-20-8-7-11-29-17-20)27(34-25)30-22-9-3-2-4-10-22/h2-4,7-11,14-17H,5-6,12-13,18H2,1H3. The van der Waals surface area contributed by atoms with Gasteiger partial charge in [-0.05, 0) is 84.6 Å². The van der Waals surface area contributed by atoms with Crippen LogP contribution in [0.2, 0.25) is 0 Å². The van der Waals surface area contributed by atoms with Crippen LogP contribution in [0.1, 0.15) is 29.5 Å². The highest BCUT2D eigenvalue weighted by Gasteiger charge is 2.33. The lowest BCUT2D eigenvalue weighted by atomic mass is 10.1. The number of pyridine rings is 1. The number of rotatable bonds is 5. The Hall–Kier alpha value is -3.45. The van der Waals surface area contributed by atoms with E-state index in [0.717, 1.165) is 42.7 Å². The van der Waals surface area contributed by atoms with Gasteiger partial charge in [0.1, 0.15) is 5.82 Å². The zero-order valence-electron chi connectivity index (χ0n) is 18.9. The Morgan fingerprint density at radius 1 is 1.12 bits per heavy atom. The number of hydrogen-bond donors (Lipinski definition) is 0. The highest BCUT2D eigenvalue weighted by Crippen LogP contribution is 2.36. The second kappa shape index (κ2) is 9.81. The molecule has 2 aromatic carbocycles. The molecule has 2 fully saturated rings. The van der Waals surface area contributed by atoms with Gasteiger partial charge in [-0.25, -0.2) is 9.38 Å². The Morgan fingerprint density at radius 2 is 1.91 bits per heavy atom. The van der Waals surface area contributed by atoms with Gasteiger partial charge in [0.2, 0.25) is 0 Å². The molecule has 1 aromatic heterocycles. The van der Waals surface area contributed by atoms with Crippen LogP contribution >= 0.6 is 11.8 Å². The van der Waals surface area contributed by atoms with Crippen molar-refractivity contribution in [2.45, 2.75) is 26.3 Å². The van der Waals surface area contributed by atoms with Crippen LogP contribution in [0, 0.1) is 12.7 Å². The molecule has 0 unspecified atom stereocenters. The fraction of sp³-hybridized carbons (Fsp3) is 0.222. The van der Waals surface area contributed by atoms with Crippen LogP contribution in [0.4, 0.5) is 15.8 Å². The molecule has 5 nitrogen and oxygen atoms in total. The van der Waals surface area contributed by atoms with Crippen molar-refractivity contribution in [3.8, 4) is 0 Å². The van der Waals surface area contributed by atoms with E-state index >= 15 is 0 Å². The van der Waals surface area contributed by atoms with Crippen molar-refractivity contribution in [3.05, 3.63) is 94.4 Å². The molecule has 0 N–H and O–H groups in total. The van der Waals surface area contributed by atoms with Gasteiger partial charge in [0, 0.05) is 25.5 Å². The molecule has 2 aliphatic rings. The van der Waals surface area contributed by atoms with E-state index in [1.165, 1.54) is 11.8 Å². The summed E-state index contributed by atoms with van der Waals surface area (Å²) in [5.41, 5.74) is 3.98. The maximum Gasteiger partial charge on any atom is 0.267 e. The van der Waals surface area contributed by atoms with Gasteiger partial charge in [-0.2, -0.15) is 0 Å². The smallest absolute Gasteiger partial charge is 0.267 e. The van der Waals surface area contributed by atoms with Crippen molar-refractivity contribution >= 4 is 40.3 Å². The average Bonchev–Trinajstić information content (AvgIpc) is 3.48. The zero-order valence-corrected chi connectivity index (χ0v) is 19.8. The molecule has 1 amide bonds. The number of benzene rings is 2. The van der Waals surface area contributed by atoms with E-state index in [0.29, 0.717) is 27.9 Å². The normalized spacial score (nSPS) is 18.5. The van der Waals surface area contributed by atoms with E-state index in [1.54, 1.807) is 29.4 Å². The SMILES string of the molecule is Cc1cc(N2CCCC2)c(F)cc1C=C1SC(=Nc2ccccc2)N(Cc2cccnc2)C1=O. The van der Waals surface area contributed by atoms with Crippen LogP contribution < -0.4 is 4.90 Å². The second-order valence-electron chi connectivity index (χ2n) is 8.45. The van der Waals surface area contributed by atoms with Crippen LogP contribution in [0.3, 0.4) is 0 Å². The topological polar surface area (TPSA) is 48.8 Å². The largest absolute Gasteiger partial charge is 0.369 e. The van der Waals surface area contributed by atoms with Crippen molar-refractivity contribution < 1.29 is 9.18 Å². The number of nitrogens with zero attached hydrogens (tertiary/aromatic N) is 4. The van der Waals surface area contributed by atoms with Crippen molar-refractivity contribution in [1.29, 1.82) is 0 Å². The number of halogens is 1. The van der Waals surface area contributed by atoms with E-state index in [2.05, 4.69) is 9.88 Å². The summed E-state index contributed by atoms with van der Waals surface area (Å²) in [5.74, 6) is -0.396. The summed E-state index contributed by atoms with van der Waals surface area (Å²) < 4.78 is 15.0. The molecule has 3 heterocycles. The predicted octanol–water partition coefficient (Wildman–Crippen LogP) is 5.93. The van der Waals surface area contributed by atoms with Gasteiger partial charge >= 0.3 is 0 Å². The highest BCUT2D eigenvalue weighted by molar-refractivity contribution is 8.18. The number of carbonyl (C=O) groups excluding carboxylic acids is 1.